The van der Waals surface area contributed by atoms with Crippen LogP contribution in [0.4, 0.5) is 4.39 Å². The van der Waals surface area contributed by atoms with Gasteiger partial charge in [-0.2, -0.15) is 0 Å². The fraction of sp³-hybridized carbons (Fsp3) is 0.600. The number of halogens is 1. The first-order valence-electron chi connectivity index (χ1n) is 13.5. The van der Waals surface area contributed by atoms with Gasteiger partial charge in [-0.1, -0.05) is 45.2 Å². The number of amides is 2. The Labute approximate surface area is 214 Å². The normalized spacial score (nSPS) is 22.6. The second-order valence-corrected chi connectivity index (χ2v) is 11.5. The van der Waals surface area contributed by atoms with Crippen molar-refractivity contribution in [2.75, 3.05) is 6.54 Å². The minimum atomic E-state index is -0.617. The molecule has 4 rings (SSSR count). The Hall–Kier alpha value is -2.72. The highest BCUT2D eigenvalue weighted by molar-refractivity contribution is 5.99. The minimum Gasteiger partial charge on any atom is -0.342 e. The Morgan fingerprint density at radius 3 is 2.39 bits per heavy atom. The summed E-state index contributed by atoms with van der Waals surface area (Å²) in [6, 6.07) is 4.34. The summed E-state index contributed by atoms with van der Waals surface area (Å²) in [5.74, 6) is -1.48. The monoisotopic (exact) mass is 494 g/mol. The number of ketones is 1. The minimum absolute atomic E-state index is 0.00808. The van der Waals surface area contributed by atoms with E-state index >= 15 is 4.39 Å². The summed E-state index contributed by atoms with van der Waals surface area (Å²) in [5, 5.41) is 2.92. The fourth-order valence-electron chi connectivity index (χ4n) is 6.16. The molecule has 1 saturated carbocycles. The van der Waals surface area contributed by atoms with E-state index in [0.717, 1.165) is 44.9 Å². The van der Waals surface area contributed by atoms with Gasteiger partial charge in [0.25, 0.3) is 11.8 Å². The standard InChI is InChI=1S/C30H39FN2O3/c1-19(2)27(34)26(20-11-6-5-7-12-20)32-28(35)23-16-9-15-22(25(23)31)24-17-10-18-33(30(24,3)4)29(36)21-13-8-14-21/h8-9,15-16,19-20,24,26H,5-7,10-13,17-18H2,1-4H3,(H,32,35)/t24?,26-/m1/s1. The lowest BCUT2D eigenvalue weighted by molar-refractivity contribution is -0.135. The van der Waals surface area contributed by atoms with Crippen molar-refractivity contribution < 1.29 is 18.8 Å². The highest BCUT2D eigenvalue weighted by Gasteiger charge is 2.44. The number of hydrogen-bond acceptors (Lipinski definition) is 3. The molecule has 0 bridgehead atoms. The zero-order valence-corrected chi connectivity index (χ0v) is 22.0. The van der Waals surface area contributed by atoms with Crippen LogP contribution in [-0.2, 0) is 9.59 Å². The molecule has 2 aliphatic carbocycles. The van der Waals surface area contributed by atoms with Gasteiger partial charge in [0.15, 0.2) is 5.78 Å². The third kappa shape index (κ3) is 5.06. The van der Waals surface area contributed by atoms with Crippen molar-refractivity contribution in [3.63, 3.8) is 0 Å². The molecule has 1 aromatic rings. The molecular weight excluding hydrogens is 455 g/mol. The van der Waals surface area contributed by atoms with Gasteiger partial charge in [-0.3, -0.25) is 14.4 Å². The Morgan fingerprint density at radius 1 is 1.08 bits per heavy atom. The molecule has 1 aromatic carbocycles. The quantitative estimate of drug-likeness (QED) is 0.495. The third-order valence-electron chi connectivity index (χ3n) is 8.44. The zero-order valence-electron chi connectivity index (χ0n) is 22.0. The highest BCUT2D eigenvalue weighted by atomic mass is 19.1. The molecule has 36 heavy (non-hydrogen) atoms. The second-order valence-electron chi connectivity index (χ2n) is 11.5. The van der Waals surface area contributed by atoms with Crippen LogP contribution >= 0.6 is 0 Å². The maximum atomic E-state index is 16.0. The predicted molar refractivity (Wildman–Crippen MR) is 138 cm³/mol. The first-order valence-corrected chi connectivity index (χ1v) is 13.5. The van der Waals surface area contributed by atoms with Crippen LogP contribution in [0.3, 0.4) is 0 Å². The van der Waals surface area contributed by atoms with E-state index in [4.69, 9.17) is 0 Å². The Bertz CT molecular complexity index is 1090. The summed E-state index contributed by atoms with van der Waals surface area (Å²) in [6.45, 7) is 8.27. The topological polar surface area (TPSA) is 66.5 Å². The van der Waals surface area contributed by atoms with Crippen LogP contribution in [0.25, 0.3) is 0 Å². The number of rotatable bonds is 7. The summed E-state index contributed by atoms with van der Waals surface area (Å²) >= 11 is 0. The van der Waals surface area contributed by atoms with Crippen molar-refractivity contribution in [1.29, 1.82) is 0 Å². The number of benzene rings is 1. The van der Waals surface area contributed by atoms with Crippen LogP contribution in [-0.4, -0.2) is 40.6 Å². The van der Waals surface area contributed by atoms with Crippen molar-refractivity contribution in [1.82, 2.24) is 10.2 Å². The van der Waals surface area contributed by atoms with Gasteiger partial charge in [-0.25, -0.2) is 4.39 Å². The predicted octanol–water partition coefficient (Wildman–Crippen LogP) is 5.70. The number of carbonyl (C=O) groups excluding carboxylic acids is 3. The van der Waals surface area contributed by atoms with Crippen LogP contribution in [0.1, 0.15) is 101 Å². The Morgan fingerprint density at radius 2 is 1.78 bits per heavy atom. The lowest BCUT2D eigenvalue weighted by atomic mass is 9.74. The van der Waals surface area contributed by atoms with Gasteiger partial charge in [0.2, 0.25) is 0 Å². The van der Waals surface area contributed by atoms with Crippen LogP contribution in [0.15, 0.2) is 35.6 Å². The molecule has 1 unspecified atom stereocenters. The second kappa shape index (κ2) is 10.7. The molecule has 1 heterocycles. The first kappa shape index (κ1) is 26.3. The van der Waals surface area contributed by atoms with Crippen LogP contribution in [0, 0.1) is 17.7 Å². The van der Waals surface area contributed by atoms with Crippen molar-refractivity contribution in [3.05, 3.63) is 52.5 Å². The van der Waals surface area contributed by atoms with Gasteiger partial charge in [0.1, 0.15) is 5.82 Å². The van der Waals surface area contributed by atoms with Crippen molar-refractivity contribution in [2.24, 2.45) is 11.8 Å². The van der Waals surface area contributed by atoms with Gasteiger partial charge >= 0.3 is 0 Å². The van der Waals surface area contributed by atoms with Gasteiger partial charge < -0.3 is 10.2 Å². The van der Waals surface area contributed by atoms with E-state index in [1.54, 1.807) is 12.1 Å². The number of nitrogens with zero attached hydrogens (tertiary/aromatic N) is 1. The van der Waals surface area contributed by atoms with Gasteiger partial charge in [-0.15, -0.1) is 5.73 Å². The molecule has 2 fully saturated rings. The molecule has 3 aliphatic rings. The molecule has 0 spiro atoms. The lowest BCUT2D eigenvalue weighted by Gasteiger charge is -2.48. The summed E-state index contributed by atoms with van der Waals surface area (Å²) in [4.78, 5) is 41.3. The number of nitrogens with one attached hydrogen (secondary N) is 1. The highest BCUT2D eigenvalue weighted by Crippen LogP contribution is 2.43. The molecule has 6 heteroatoms. The lowest BCUT2D eigenvalue weighted by Crippen LogP contribution is -2.55. The van der Waals surface area contributed by atoms with E-state index < -0.39 is 23.3 Å². The third-order valence-corrected chi connectivity index (χ3v) is 8.44. The van der Waals surface area contributed by atoms with Gasteiger partial charge in [-0.05, 0) is 63.2 Å². The summed E-state index contributed by atoms with van der Waals surface area (Å²) < 4.78 is 16.0. The van der Waals surface area contributed by atoms with E-state index in [0.29, 0.717) is 24.1 Å². The SMILES string of the molecule is CC(C)C(=O)[C@H](NC(=O)c1cccc(C2CCCN(C(=O)C3=C=CC3)C2(C)C)c1F)C1CCCCC1. The maximum Gasteiger partial charge on any atom is 0.258 e. The number of carbonyl (C=O) groups is 3. The number of Topliss-reactive ketones (excluding diaryl/α,β-unsaturated/α-hetero) is 1. The van der Waals surface area contributed by atoms with E-state index in [1.165, 1.54) is 6.07 Å². The molecule has 2 atom stereocenters. The zero-order chi connectivity index (χ0) is 26.0. The van der Waals surface area contributed by atoms with Crippen molar-refractivity contribution in [2.45, 2.75) is 96.6 Å². The van der Waals surface area contributed by atoms with E-state index in [2.05, 4.69) is 11.0 Å². The molecule has 5 nitrogen and oxygen atoms in total. The molecule has 0 radical (unpaired) electrons. The number of piperidine rings is 1. The van der Waals surface area contributed by atoms with Crippen LogP contribution in [0.2, 0.25) is 0 Å². The van der Waals surface area contributed by atoms with Crippen LogP contribution in [0.5, 0.6) is 0 Å². The average molecular weight is 495 g/mol. The number of likely N-dealkylation sites (tertiary alicyclic amines) is 1. The van der Waals surface area contributed by atoms with Crippen LogP contribution < -0.4 is 5.32 Å². The summed E-state index contributed by atoms with van der Waals surface area (Å²) in [5.41, 5.74) is 3.45. The smallest absolute Gasteiger partial charge is 0.258 e. The van der Waals surface area contributed by atoms with Crippen molar-refractivity contribution in [3.8, 4) is 0 Å². The molecule has 1 saturated heterocycles. The molecule has 0 aromatic heterocycles. The Balaban J connectivity index is 1.59. The average Bonchev–Trinajstić information content (AvgIpc) is 2.81. The fourth-order valence-corrected chi connectivity index (χ4v) is 6.16. The first-order chi connectivity index (χ1) is 17.1. The summed E-state index contributed by atoms with van der Waals surface area (Å²) in [6.07, 6.45) is 8.99. The number of hydrogen-bond donors (Lipinski definition) is 1. The Kier molecular flexibility index (Phi) is 7.85. The largest absolute Gasteiger partial charge is 0.342 e. The molecule has 1 N–H and O–H groups in total. The van der Waals surface area contributed by atoms with Crippen molar-refractivity contribution >= 4 is 17.6 Å². The van der Waals surface area contributed by atoms with E-state index in [-0.39, 0.29) is 35.0 Å². The van der Waals surface area contributed by atoms with Gasteiger partial charge in [0, 0.05) is 30.3 Å². The molecular formula is C30H39FN2O3. The molecule has 1 aliphatic heterocycles. The molecule has 2 amide bonds. The van der Waals surface area contributed by atoms with E-state index in [9.17, 15) is 14.4 Å². The maximum absolute atomic E-state index is 16.0. The van der Waals surface area contributed by atoms with E-state index in [1.807, 2.05) is 38.7 Å². The summed E-state index contributed by atoms with van der Waals surface area (Å²) in [7, 11) is 0. The molecule has 194 valence electrons. The van der Waals surface area contributed by atoms with Gasteiger partial charge in [0.05, 0.1) is 17.2 Å².